The summed E-state index contributed by atoms with van der Waals surface area (Å²) in [4.78, 5) is 0. The molecule has 0 aliphatic heterocycles. The van der Waals surface area contributed by atoms with E-state index in [-0.39, 0.29) is 11.6 Å². The van der Waals surface area contributed by atoms with E-state index in [1.54, 1.807) is 0 Å². The van der Waals surface area contributed by atoms with Crippen molar-refractivity contribution >= 4 is 38.3 Å². The van der Waals surface area contributed by atoms with Gasteiger partial charge in [-0.25, -0.2) is 12.8 Å². The third-order valence-corrected chi connectivity index (χ3v) is 4.71. The fourth-order valence-corrected chi connectivity index (χ4v) is 3.50. The highest BCUT2D eigenvalue weighted by Crippen LogP contribution is 2.20. The summed E-state index contributed by atoms with van der Waals surface area (Å²) in [6.45, 7) is 3.72. The zero-order valence-electron chi connectivity index (χ0n) is 10.7. The van der Waals surface area contributed by atoms with E-state index in [0.29, 0.717) is 15.7 Å². The van der Waals surface area contributed by atoms with E-state index >= 15 is 0 Å². The number of nitrogens with one attached hydrogen (secondary N) is 2. The van der Waals surface area contributed by atoms with Crippen molar-refractivity contribution in [3.63, 3.8) is 0 Å². The van der Waals surface area contributed by atoms with Gasteiger partial charge in [-0.3, -0.25) is 4.72 Å². The second-order valence-electron chi connectivity index (χ2n) is 4.11. The molecule has 7 heteroatoms. The summed E-state index contributed by atoms with van der Waals surface area (Å²) in [6, 6.07) is 3.97. The van der Waals surface area contributed by atoms with E-state index in [2.05, 4.69) is 10.0 Å². The lowest BCUT2D eigenvalue weighted by Gasteiger charge is -2.09. The van der Waals surface area contributed by atoms with Gasteiger partial charge in [0.1, 0.15) is 5.82 Å². The number of unbranched alkanes of at least 4 members (excludes halogenated alkanes) is 1. The third-order valence-electron chi connectivity index (χ3n) is 2.46. The van der Waals surface area contributed by atoms with Crippen molar-refractivity contribution < 1.29 is 12.8 Å². The Kier molecular flexibility index (Phi) is 7.01. The molecule has 0 heterocycles. The van der Waals surface area contributed by atoms with Crippen LogP contribution in [0.1, 0.15) is 19.8 Å². The number of benzene rings is 1. The molecule has 0 aliphatic rings. The SMILES string of the molecule is CCNCCCCS(=O)(=O)Nc1ccc(F)cc1I. The Morgan fingerprint density at radius 2 is 2.05 bits per heavy atom. The summed E-state index contributed by atoms with van der Waals surface area (Å²) in [5.74, 6) is -0.302. The zero-order chi connectivity index (χ0) is 14.3. The van der Waals surface area contributed by atoms with Gasteiger partial charge in [0.15, 0.2) is 0 Å². The molecule has 0 saturated carbocycles. The summed E-state index contributed by atoms with van der Waals surface area (Å²) in [6.07, 6.45) is 1.41. The highest BCUT2D eigenvalue weighted by molar-refractivity contribution is 14.1. The van der Waals surface area contributed by atoms with Crippen LogP contribution in [0.2, 0.25) is 0 Å². The molecule has 0 unspecified atom stereocenters. The monoisotopic (exact) mass is 400 g/mol. The van der Waals surface area contributed by atoms with Gasteiger partial charge in [0.2, 0.25) is 10.0 Å². The molecule has 1 rings (SSSR count). The van der Waals surface area contributed by atoms with Crippen molar-refractivity contribution in [2.45, 2.75) is 19.8 Å². The summed E-state index contributed by atoms with van der Waals surface area (Å²) in [5, 5.41) is 3.14. The second-order valence-corrected chi connectivity index (χ2v) is 7.11. The molecule has 0 radical (unpaired) electrons. The van der Waals surface area contributed by atoms with Gasteiger partial charge in [-0.05, 0) is 66.7 Å². The first-order valence-electron chi connectivity index (χ1n) is 6.11. The summed E-state index contributed by atoms with van der Waals surface area (Å²) in [5.41, 5.74) is 0.425. The highest BCUT2D eigenvalue weighted by atomic mass is 127. The molecule has 4 nitrogen and oxygen atoms in total. The van der Waals surface area contributed by atoms with Crippen LogP contribution in [0.4, 0.5) is 10.1 Å². The van der Waals surface area contributed by atoms with Crippen molar-refractivity contribution in [1.29, 1.82) is 0 Å². The Morgan fingerprint density at radius 3 is 2.68 bits per heavy atom. The lowest BCUT2D eigenvalue weighted by atomic mass is 10.3. The molecule has 0 fully saturated rings. The van der Waals surface area contributed by atoms with Crippen molar-refractivity contribution in [2.24, 2.45) is 0 Å². The maximum atomic E-state index is 12.9. The van der Waals surface area contributed by atoms with E-state index in [9.17, 15) is 12.8 Å². The first-order valence-corrected chi connectivity index (χ1v) is 8.84. The van der Waals surface area contributed by atoms with Crippen LogP contribution in [-0.2, 0) is 10.0 Å². The molecule has 0 saturated heterocycles. The maximum Gasteiger partial charge on any atom is 0.232 e. The summed E-state index contributed by atoms with van der Waals surface area (Å²) >= 11 is 1.91. The van der Waals surface area contributed by atoms with Gasteiger partial charge in [-0.15, -0.1) is 0 Å². The van der Waals surface area contributed by atoms with Crippen LogP contribution in [0.25, 0.3) is 0 Å². The first-order chi connectivity index (χ1) is 8.94. The van der Waals surface area contributed by atoms with E-state index in [4.69, 9.17) is 0 Å². The molecular formula is C12H18FIN2O2S. The Labute approximate surface area is 127 Å². The molecule has 0 aromatic heterocycles. The quantitative estimate of drug-likeness (QED) is 0.521. The van der Waals surface area contributed by atoms with Crippen molar-refractivity contribution in [2.75, 3.05) is 23.6 Å². The van der Waals surface area contributed by atoms with Gasteiger partial charge in [0.25, 0.3) is 0 Å². The Morgan fingerprint density at radius 1 is 1.32 bits per heavy atom. The lowest BCUT2D eigenvalue weighted by Crippen LogP contribution is -2.19. The minimum absolute atomic E-state index is 0.0752. The minimum atomic E-state index is -3.36. The number of hydrogen-bond donors (Lipinski definition) is 2. The van der Waals surface area contributed by atoms with E-state index in [1.807, 2.05) is 29.5 Å². The number of sulfonamides is 1. The molecule has 2 N–H and O–H groups in total. The fourth-order valence-electron chi connectivity index (χ4n) is 1.51. The number of rotatable bonds is 8. The van der Waals surface area contributed by atoms with E-state index < -0.39 is 10.0 Å². The van der Waals surface area contributed by atoms with E-state index in [1.165, 1.54) is 18.2 Å². The predicted molar refractivity (Wildman–Crippen MR) is 84.3 cm³/mol. The minimum Gasteiger partial charge on any atom is -0.317 e. The van der Waals surface area contributed by atoms with Crippen LogP contribution in [0.15, 0.2) is 18.2 Å². The van der Waals surface area contributed by atoms with Crippen molar-refractivity contribution in [3.8, 4) is 0 Å². The van der Waals surface area contributed by atoms with E-state index in [0.717, 1.165) is 19.5 Å². The molecule has 0 atom stereocenters. The highest BCUT2D eigenvalue weighted by Gasteiger charge is 2.12. The van der Waals surface area contributed by atoms with Crippen LogP contribution in [0.3, 0.4) is 0 Å². The average Bonchev–Trinajstić information content (AvgIpc) is 2.32. The standard InChI is InChI=1S/C12H18FIN2O2S/c1-2-15-7-3-4-8-19(17,18)16-12-6-5-10(13)9-11(12)14/h5-6,9,15-16H,2-4,7-8H2,1H3. The molecule has 108 valence electrons. The molecule has 0 aliphatic carbocycles. The smallest absolute Gasteiger partial charge is 0.232 e. The summed E-state index contributed by atoms with van der Waals surface area (Å²) < 4.78 is 39.6. The van der Waals surface area contributed by atoms with Gasteiger partial charge >= 0.3 is 0 Å². The van der Waals surface area contributed by atoms with Crippen molar-refractivity contribution in [1.82, 2.24) is 5.32 Å². The molecule has 1 aromatic carbocycles. The topological polar surface area (TPSA) is 58.2 Å². The zero-order valence-corrected chi connectivity index (χ0v) is 13.7. The van der Waals surface area contributed by atoms with Gasteiger partial charge in [-0.2, -0.15) is 0 Å². The normalized spacial score (nSPS) is 11.5. The fraction of sp³-hybridized carbons (Fsp3) is 0.500. The van der Waals surface area contributed by atoms with Gasteiger partial charge in [-0.1, -0.05) is 6.92 Å². The number of hydrogen-bond acceptors (Lipinski definition) is 3. The first kappa shape index (κ1) is 16.6. The molecule has 1 aromatic rings. The van der Waals surface area contributed by atoms with Crippen LogP contribution < -0.4 is 10.0 Å². The molecule has 19 heavy (non-hydrogen) atoms. The summed E-state index contributed by atoms with van der Waals surface area (Å²) in [7, 11) is -3.36. The Balaban J connectivity index is 2.50. The average molecular weight is 400 g/mol. The van der Waals surface area contributed by atoms with Crippen molar-refractivity contribution in [3.05, 3.63) is 27.6 Å². The second kappa shape index (κ2) is 8.01. The predicted octanol–water partition coefficient (Wildman–Crippen LogP) is 2.56. The van der Waals surface area contributed by atoms with Crippen LogP contribution in [0, 0.1) is 9.39 Å². The number of anilines is 1. The van der Waals surface area contributed by atoms with Gasteiger partial charge in [0.05, 0.1) is 11.4 Å². The van der Waals surface area contributed by atoms with Gasteiger partial charge in [0, 0.05) is 3.57 Å². The van der Waals surface area contributed by atoms with Crippen LogP contribution >= 0.6 is 22.6 Å². The Hall–Kier alpha value is -0.410. The molecule has 0 spiro atoms. The number of halogens is 2. The largest absolute Gasteiger partial charge is 0.317 e. The molecule has 0 bridgehead atoms. The Bertz CT molecular complexity index is 508. The van der Waals surface area contributed by atoms with Gasteiger partial charge < -0.3 is 5.32 Å². The maximum absolute atomic E-state index is 12.9. The van der Waals surface area contributed by atoms with Crippen LogP contribution in [-0.4, -0.2) is 27.3 Å². The lowest BCUT2D eigenvalue weighted by molar-refractivity contribution is 0.593. The molecule has 0 amide bonds. The van der Waals surface area contributed by atoms with Crippen LogP contribution in [0.5, 0.6) is 0 Å². The molecular weight excluding hydrogens is 382 g/mol. The third kappa shape index (κ3) is 6.53.